The number of carbonyl (C=O) groups excluding carboxylic acids is 1. The fraction of sp³-hybridized carbons (Fsp3) is 0.923. The molecular formula is C13H26O4. The smallest absolute Gasteiger partial charge is 0.340 e. The van der Waals surface area contributed by atoms with Crippen LogP contribution in [0.4, 0.5) is 0 Å². The molecule has 4 heteroatoms. The van der Waals surface area contributed by atoms with Crippen molar-refractivity contribution in [1.29, 1.82) is 0 Å². The van der Waals surface area contributed by atoms with Crippen LogP contribution < -0.4 is 0 Å². The molecule has 0 aromatic heterocycles. The lowest BCUT2D eigenvalue weighted by atomic mass is 9.93. The molecule has 2 atom stereocenters. The molecule has 0 aromatic rings. The van der Waals surface area contributed by atoms with Crippen molar-refractivity contribution in [2.24, 2.45) is 5.92 Å². The third-order valence-electron chi connectivity index (χ3n) is 2.85. The SMILES string of the molecule is CCOC(=O)C(C)(O)C(O)CCCCC(C)C. The van der Waals surface area contributed by atoms with E-state index in [1.54, 1.807) is 6.92 Å². The Morgan fingerprint density at radius 1 is 1.29 bits per heavy atom. The molecule has 0 fully saturated rings. The maximum absolute atomic E-state index is 11.4. The quantitative estimate of drug-likeness (QED) is 0.507. The van der Waals surface area contributed by atoms with Gasteiger partial charge in [-0.05, 0) is 26.2 Å². The Bertz CT molecular complexity index is 223. The Morgan fingerprint density at radius 3 is 2.29 bits per heavy atom. The minimum Gasteiger partial charge on any atom is -0.464 e. The molecule has 17 heavy (non-hydrogen) atoms. The van der Waals surface area contributed by atoms with Gasteiger partial charge in [0.15, 0.2) is 5.60 Å². The minimum absolute atomic E-state index is 0.203. The lowest BCUT2D eigenvalue weighted by molar-refractivity contribution is -0.175. The van der Waals surface area contributed by atoms with Gasteiger partial charge in [-0.15, -0.1) is 0 Å². The van der Waals surface area contributed by atoms with Crippen molar-refractivity contribution in [3.8, 4) is 0 Å². The molecule has 2 unspecified atom stereocenters. The number of carbonyl (C=O) groups is 1. The lowest BCUT2D eigenvalue weighted by Gasteiger charge is -2.26. The predicted molar refractivity (Wildman–Crippen MR) is 66.6 cm³/mol. The highest BCUT2D eigenvalue weighted by atomic mass is 16.6. The van der Waals surface area contributed by atoms with Crippen molar-refractivity contribution >= 4 is 5.97 Å². The van der Waals surface area contributed by atoms with Crippen LogP contribution in [0.2, 0.25) is 0 Å². The van der Waals surface area contributed by atoms with Gasteiger partial charge >= 0.3 is 5.97 Å². The fourth-order valence-corrected chi connectivity index (χ4v) is 1.58. The molecule has 0 saturated heterocycles. The summed E-state index contributed by atoms with van der Waals surface area (Å²) < 4.78 is 4.72. The summed E-state index contributed by atoms with van der Waals surface area (Å²) in [7, 11) is 0. The molecule has 102 valence electrons. The van der Waals surface area contributed by atoms with Crippen LogP contribution >= 0.6 is 0 Å². The van der Waals surface area contributed by atoms with Crippen molar-refractivity contribution in [3.05, 3.63) is 0 Å². The van der Waals surface area contributed by atoms with Gasteiger partial charge in [-0.25, -0.2) is 4.79 Å². The Labute approximate surface area is 104 Å². The van der Waals surface area contributed by atoms with Crippen LogP contribution in [-0.4, -0.2) is 34.5 Å². The van der Waals surface area contributed by atoms with E-state index in [0.717, 1.165) is 19.3 Å². The Kier molecular flexibility index (Phi) is 7.39. The van der Waals surface area contributed by atoms with E-state index in [1.807, 2.05) is 0 Å². The van der Waals surface area contributed by atoms with Gasteiger partial charge < -0.3 is 14.9 Å². The highest BCUT2D eigenvalue weighted by molar-refractivity contribution is 5.79. The number of ether oxygens (including phenoxy) is 1. The molecule has 0 aliphatic heterocycles. The number of esters is 1. The molecule has 0 heterocycles. The highest BCUT2D eigenvalue weighted by Gasteiger charge is 2.39. The summed E-state index contributed by atoms with van der Waals surface area (Å²) in [6.45, 7) is 7.46. The first kappa shape index (κ1) is 16.4. The van der Waals surface area contributed by atoms with Crippen LogP contribution in [-0.2, 0) is 9.53 Å². The van der Waals surface area contributed by atoms with Crippen molar-refractivity contribution in [2.75, 3.05) is 6.61 Å². The zero-order valence-electron chi connectivity index (χ0n) is 11.4. The van der Waals surface area contributed by atoms with Gasteiger partial charge in [0.05, 0.1) is 12.7 Å². The maximum atomic E-state index is 11.4. The fourth-order valence-electron chi connectivity index (χ4n) is 1.58. The number of hydrogen-bond acceptors (Lipinski definition) is 4. The average Bonchev–Trinajstić information content (AvgIpc) is 2.23. The van der Waals surface area contributed by atoms with Crippen LogP contribution in [0.3, 0.4) is 0 Å². The second-order valence-electron chi connectivity index (χ2n) is 5.06. The Hall–Kier alpha value is -0.610. The van der Waals surface area contributed by atoms with E-state index in [0.29, 0.717) is 12.3 Å². The summed E-state index contributed by atoms with van der Waals surface area (Å²) in [4.78, 5) is 11.4. The van der Waals surface area contributed by atoms with E-state index < -0.39 is 17.7 Å². The third-order valence-corrected chi connectivity index (χ3v) is 2.85. The second kappa shape index (κ2) is 7.67. The molecule has 0 bridgehead atoms. The molecule has 0 saturated carbocycles. The topological polar surface area (TPSA) is 66.8 Å². The van der Waals surface area contributed by atoms with Crippen LogP contribution in [0.15, 0.2) is 0 Å². The zero-order valence-corrected chi connectivity index (χ0v) is 11.4. The van der Waals surface area contributed by atoms with Gasteiger partial charge in [-0.1, -0.05) is 33.1 Å². The van der Waals surface area contributed by atoms with E-state index in [-0.39, 0.29) is 6.61 Å². The Morgan fingerprint density at radius 2 is 1.82 bits per heavy atom. The molecule has 2 N–H and O–H groups in total. The van der Waals surface area contributed by atoms with Crippen molar-refractivity contribution in [3.63, 3.8) is 0 Å². The number of hydrogen-bond donors (Lipinski definition) is 2. The van der Waals surface area contributed by atoms with Crippen LogP contribution in [0.25, 0.3) is 0 Å². The van der Waals surface area contributed by atoms with Gasteiger partial charge in [0.2, 0.25) is 0 Å². The molecule has 0 spiro atoms. The first-order valence-corrected chi connectivity index (χ1v) is 6.40. The maximum Gasteiger partial charge on any atom is 0.340 e. The van der Waals surface area contributed by atoms with Gasteiger partial charge in [-0.3, -0.25) is 0 Å². The molecule has 0 aliphatic carbocycles. The van der Waals surface area contributed by atoms with Crippen LogP contribution in [0.5, 0.6) is 0 Å². The van der Waals surface area contributed by atoms with Crippen LogP contribution in [0, 0.1) is 5.92 Å². The molecule has 4 nitrogen and oxygen atoms in total. The van der Waals surface area contributed by atoms with Gasteiger partial charge in [0, 0.05) is 0 Å². The number of rotatable bonds is 8. The van der Waals surface area contributed by atoms with Crippen molar-refractivity contribution in [1.82, 2.24) is 0 Å². The van der Waals surface area contributed by atoms with E-state index in [2.05, 4.69) is 13.8 Å². The van der Waals surface area contributed by atoms with E-state index in [9.17, 15) is 15.0 Å². The summed E-state index contributed by atoms with van der Waals surface area (Å²) in [5.74, 6) is -0.117. The molecule has 0 aromatic carbocycles. The normalized spacial score (nSPS) is 16.6. The first-order chi connectivity index (χ1) is 7.82. The largest absolute Gasteiger partial charge is 0.464 e. The molecule has 0 radical (unpaired) electrons. The number of aliphatic hydroxyl groups excluding tert-OH is 1. The van der Waals surface area contributed by atoms with E-state index >= 15 is 0 Å². The first-order valence-electron chi connectivity index (χ1n) is 6.40. The highest BCUT2D eigenvalue weighted by Crippen LogP contribution is 2.19. The van der Waals surface area contributed by atoms with Gasteiger partial charge in [-0.2, -0.15) is 0 Å². The molecule has 0 amide bonds. The zero-order chi connectivity index (χ0) is 13.5. The average molecular weight is 246 g/mol. The van der Waals surface area contributed by atoms with Crippen molar-refractivity contribution < 1.29 is 19.7 Å². The monoisotopic (exact) mass is 246 g/mol. The van der Waals surface area contributed by atoms with Gasteiger partial charge in [0.25, 0.3) is 0 Å². The summed E-state index contributed by atoms with van der Waals surface area (Å²) >= 11 is 0. The van der Waals surface area contributed by atoms with Crippen molar-refractivity contribution in [2.45, 2.75) is 65.1 Å². The number of aliphatic hydroxyl groups is 2. The summed E-state index contributed by atoms with van der Waals surface area (Å²) in [6, 6.07) is 0. The van der Waals surface area contributed by atoms with E-state index in [4.69, 9.17) is 4.74 Å². The van der Waals surface area contributed by atoms with E-state index in [1.165, 1.54) is 6.92 Å². The molecular weight excluding hydrogens is 220 g/mol. The van der Waals surface area contributed by atoms with Crippen LogP contribution in [0.1, 0.15) is 53.4 Å². The molecule has 0 rings (SSSR count). The Balaban J connectivity index is 4.02. The summed E-state index contributed by atoms with van der Waals surface area (Å²) in [6.07, 6.45) is 2.24. The lowest BCUT2D eigenvalue weighted by Crippen LogP contribution is -2.47. The van der Waals surface area contributed by atoms with Gasteiger partial charge in [0.1, 0.15) is 0 Å². The standard InChI is InChI=1S/C13H26O4/c1-5-17-12(15)13(4,16)11(14)9-7-6-8-10(2)3/h10-11,14,16H,5-9H2,1-4H3. The second-order valence-corrected chi connectivity index (χ2v) is 5.06. The summed E-state index contributed by atoms with van der Waals surface area (Å²) in [5.41, 5.74) is -1.80. The molecule has 0 aliphatic rings. The number of unbranched alkanes of at least 4 members (excludes halogenated alkanes) is 1. The third kappa shape index (κ3) is 6.03. The predicted octanol–water partition coefficient (Wildman–Crippen LogP) is 1.88. The summed E-state index contributed by atoms with van der Waals surface area (Å²) in [5, 5.41) is 19.7. The minimum atomic E-state index is -1.80.